The molecule has 32 heavy (non-hydrogen) atoms. The van der Waals surface area contributed by atoms with Gasteiger partial charge in [0.25, 0.3) is 15.9 Å². The molecule has 0 aromatic heterocycles. The summed E-state index contributed by atoms with van der Waals surface area (Å²) >= 11 is 0. The second-order valence-corrected chi connectivity index (χ2v) is 9.34. The summed E-state index contributed by atoms with van der Waals surface area (Å²) < 4.78 is 27.8. The molecule has 2 amide bonds. The second-order valence-electron chi connectivity index (χ2n) is 7.65. The summed E-state index contributed by atoms with van der Waals surface area (Å²) in [5.41, 5.74) is 2.84. The Morgan fingerprint density at radius 2 is 1.66 bits per heavy atom. The molecule has 4 rings (SSSR count). The average molecular weight is 450 g/mol. The molecule has 2 N–H and O–H groups in total. The number of rotatable bonds is 6. The average Bonchev–Trinajstić information content (AvgIpc) is 3.20. The number of anilines is 3. The molecule has 3 aromatic rings. The molecule has 0 bridgehead atoms. The van der Waals surface area contributed by atoms with Gasteiger partial charge >= 0.3 is 0 Å². The fourth-order valence-corrected chi connectivity index (χ4v) is 4.58. The largest absolute Gasteiger partial charge is 0.322 e. The molecule has 0 spiro atoms. The van der Waals surface area contributed by atoms with Crippen LogP contribution in [0.25, 0.3) is 0 Å². The Morgan fingerprint density at radius 1 is 0.938 bits per heavy atom. The zero-order valence-electron chi connectivity index (χ0n) is 17.5. The van der Waals surface area contributed by atoms with Crippen molar-refractivity contribution in [3.63, 3.8) is 0 Å². The molecule has 0 aliphatic carbocycles. The minimum atomic E-state index is -3.77. The van der Waals surface area contributed by atoms with Gasteiger partial charge in [-0.15, -0.1) is 0 Å². The first-order chi connectivity index (χ1) is 15.3. The summed E-state index contributed by atoms with van der Waals surface area (Å²) in [4.78, 5) is 26.6. The molecule has 0 saturated carbocycles. The zero-order valence-corrected chi connectivity index (χ0v) is 18.4. The van der Waals surface area contributed by atoms with Crippen LogP contribution in [0.15, 0.2) is 77.7 Å². The van der Waals surface area contributed by atoms with Gasteiger partial charge in [-0.2, -0.15) is 0 Å². The van der Waals surface area contributed by atoms with Crippen molar-refractivity contribution < 1.29 is 18.0 Å². The number of aryl methyl sites for hydroxylation is 1. The van der Waals surface area contributed by atoms with E-state index in [-0.39, 0.29) is 22.4 Å². The Morgan fingerprint density at radius 3 is 2.38 bits per heavy atom. The van der Waals surface area contributed by atoms with Gasteiger partial charge in [0.05, 0.1) is 4.90 Å². The first-order valence-corrected chi connectivity index (χ1v) is 11.7. The number of hydrogen-bond donors (Lipinski definition) is 2. The molecule has 1 heterocycles. The number of benzene rings is 3. The standard InChI is InChI=1S/C24H23N3O4S/c1-17-10-12-22(13-11-17)32(30,31)26-20-7-2-5-18(15-20)24(29)25-19-6-3-8-21(16-19)27-14-4-9-23(27)28/h2-3,5-8,10-13,15-16,26H,4,9,14H2,1H3,(H,25,29). The highest BCUT2D eigenvalue weighted by molar-refractivity contribution is 7.92. The van der Waals surface area contributed by atoms with Crippen LogP contribution in [-0.4, -0.2) is 26.8 Å². The fraction of sp³-hybridized carbons (Fsp3) is 0.167. The molecule has 0 unspecified atom stereocenters. The van der Waals surface area contributed by atoms with Crippen molar-refractivity contribution in [1.29, 1.82) is 0 Å². The van der Waals surface area contributed by atoms with Crippen molar-refractivity contribution in [3.05, 3.63) is 83.9 Å². The number of carbonyl (C=O) groups is 2. The molecule has 1 aliphatic heterocycles. The van der Waals surface area contributed by atoms with Crippen molar-refractivity contribution in [3.8, 4) is 0 Å². The molecule has 8 heteroatoms. The van der Waals surface area contributed by atoms with Crippen molar-refractivity contribution in [2.45, 2.75) is 24.7 Å². The van der Waals surface area contributed by atoms with E-state index in [1.54, 1.807) is 53.4 Å². The monoisotopic (exact) mass is 449 g/mol. The molecule has 1 fully saturated rings. The van der Waals surface area contributed by atoms with Gasteiger partial charge in [-0.05, 0) is 61.9 Å². The lowest BCUT2D eigenvalue weighted by atomic mass is 10.2. The third kappa shape index (κ3) is 4.81. The lowest BCUT2D eigenvalue weighted by Crippen LogP contribution is -2.23. The number of sulfonamides is 1. The maximum atomic E-state index is 12.8. The minimum Gasteiger partial charge on any atom is -0.322 e. The zero-order chi connectivity index (χ0) is 22.7. The van der Waals surface area contributed by atoms with Crippen LogP contribution in [-0.2, 0) is 14.8 Å². The Labute approximate surface area is 187 Å². The summed E-state index contributed by atoms with van der Waals surface area (Å²) in [6, 6.07) is 19.9. The molecule has 3 aromatic carbocycles. The van der Waals surface area contributed by atoms with E-state index in [1.807, 2.05) is 13.0 Å². The molecular weight excluding hydrogens is 426 g/mol. The molecule has 0 atom stereocenters. The van der Waals surface area contributed by atoms with Gasteiger partial charge in [0.1, 0.15) is 0 Å². The predicted molar refractivity (Wildman–Crippen MR) is 124 cm³/mol. The highest BCUT2D eigenvalue weighted by Crippen LogP contribution is 2.25. The number of carbonyl (C=O) groups excluding carboxylic acids is 2. The summed E-state index contributed by atoms with van der Waals surface area (Å²) in [6.07, 6.45) is 1.35. The highest BCUT2D eigenvalue weighted by atomic mass is 32.2. The first kappa shape index (κ1) is 21.6. The van der Waals surface area contributed by atoms with Gasteiger partial charge in [-0.3, -0.25) is 14.3 Å². The van der Waals surface area contributed by atoms with E-state index in [4.69, 9.17) is 0 Å². The Hall–Kier alpha value is -3.65. The lowest BCUT2D eigenvalue weighted by molar-refractivity contribution is -0.117. The normalized spacial score (nSPS) is 13.8. The van der Waals surface area contributed by atoms with E-state index in [0.717, 1.165) is 17.7 Å². The van der Waals surface area contributed by atoms with Gasteiger partial charge in [0.2, 0.25) is 5.91 Å². The van der Waals surface area contributed by atoms with E-state index < -0.39 is 10.0 Å². The smallest absolute Gasteiger partial charge is 0.261 e. The van der Waals surface area contributed by atoms with Gasteiger partial charge in [0, 0.05) is 35.6 Å². The number of nitrogens with zero attached hydrogens (tertiary/aromatic N) is 1. The van der Waals surface area contributed by atoms with E-state index >= 15 is 0 Å². The highest BCUT2D eigenvalue weighted by Gasteiger charge is 2.22. The summed E-state index contributed by atoms with van der Waals surface area (Å²) in [7, 11) is -3.77. The molecule has 1 aliphatic rings. The third-order valence-corrected chi connectivity index (χ3v) is 6.59. The van der Waals surface area contributed by atoms with Crippen LogP contribution >= 0.6 is 0 Å². The van der Waals surface area contributed by atoms with Gasteiger partial charge in [-0.1, -0.05) is 29.8 Å². The van der Waals surface area contributed by atoms with Crippen molar-refractivity contribution in [2.75, 3.05) is 21.5 Å². The van der Waals surface area contributed by atoms with Gasteiger partial charge < -0.3 is 10.2 Å². The first-order valence-electron chi connectivity index (χ1n) is 10.2. The van der Waals surface area contributed by atoms with E-state index in [2.05, 4.69) is 10.0 Å². The number of hydrogen-bond acceptors (Lipinski definition) is 4. The van der Waals surface area contributed by atoms with E-state index in [1.165, 1.54) is 18.2 Å². The molecule has 1 saturated heterocycles. The Balaban J connectivity index is 1.49. The number of nitrogens with one attached hydrogen (secondary N) is 2. The van der Waals surface area contributed by atoms with Crippen molar-refractivity contribution in [1.82, 2.24) is 0 Å². The summed E-state index contributed by atoms with van der Waals surface area (Å²) in [6.45, 7) is 2.55. The molecule has 0 radical (unpaired) electrons. The van der Waals surface area contributed by atoms with Gasteiger partial charge in [-0.25, -0.2) is 8.42 Å². The number of amides is 2. The SMILES string of the molecule is Cc1ccc(S(=O)(=O)Nc2cccc(C(=O)Nc3cccc(N4CCCC4=O)c3)c2)cc1. The van der Waals surface area contributed by atoms with E-state index in [9.17, 15) is 18.0 Å². The molecule has 164 valence electrons. The summed E-state index contributed by atoms with van der Waals surface area (Å²) in [5.74, 6) is -0.312. The predicted octanol–water partition coefficient (Wildman–Crippen LogP) is 4.17. The Kier molecular flexibility index (Phi) is 5.96. The summed E-state index contributed by atoms with van der Waals surface area (Å²) in [5, 5.41) is 2.81. The quantitative estimate of drug-likeness (QED) is 0.590. The van der Waals surface area contributed by atoms with Crippen molar-refractivity contribution in [2.24, 2.45) is 0 Å². The van der Waals surface area contributed by atoms with Crippen LogP contribution in [0.1, 0.15) is 28.8 Å². The van der Waals surface area contributed by atoms with Crippen molar-refractivity contribution >= 4 is 38.9 Å². The van der Waals surface area contributed by atoms with Crippen LogP contribution in [0.2, 0.25) is 0 Å². The maximum Gasteiger partial charge on any atom is 0.261 e. The van der Waals surface area contributed by atoms with Crippen LogP contribution < -0.4 is 14.9 Å². The van der Waals surface area contributed by atoms with Gasteiger partial charge in [0.15, 0.2) is 0 Å². The topological polar surface area (TPSA) is 95.6 Å². The van der Waals surface area contributed by atoms with Crippen LogP contribution in [0.3, 0.4) is 0 Å². The minimum absolute atomic E-state index is 0.0713. The molecule has 7 nitrogen and oxygen atoms in total. The lowest BCUT2D eigenvalue weighted by Gasteiger charge is -2.17. The second kappa shape index (κ2) is 8.84. The Bertz CT molecular complexity index is 1270. The van der Waals surface area contributed by atoms with Crippen LogP contribution in [0, 0.1) is 6.92 Å². The van der Waals surface area contributed by atoms with Crippen LogP contribution in [0.4, 0.5) is 17.1 Å². The third-order valence-electron chi connectivity index (χ3n) is 5.20. The fourth-order valence-electron chi connectivity index (χ4n) is 3.53. The van der Waals surface area contributed by atoms with Crippen LogP contribution in [0.5, 0.6) is 0 Å². The molecular formula is C24H23N3O4S. The maximum absolute atomic E-state index is 12.8. The van der Waals surface area contributed by atoms with E-state index in [0.29, 0.717) is 24.2 Å².